The number of carbonyl (C=O) groups is 1. The highest BCUT2D eigenvalue weighted by Crippen LogP contribution is 2.44. The normalized spacial score (nSPS) is 16.5. The minimum atomic E-state index is -0.835. The maximum absolute atomic E-state index is 13.3. The molecule has 0 saturated heterocycles. The van der Waals surface area contributed by atoms with Crippen LogP contribution >= 0.6 is 0 Å². The molecule has 5 aromatic rings. The molecule has 2 aromatic heterocycles. The molecule has 9 heteroatoms. The molecule has 0 aliphatic carbocycles. The van der Waals surface area contributed by atoms with Crippen LogP contribution in [0.3, 0.4) is 0 Å². The van der Waals surface area contributed by atoms with E-state index in [2.05, 4.69) is 77.5 Å². The number of rotatable bonds is 7. The third-order valence-electron chi connectivity index (χ3n) is 9.33. The molecule has 9 nitrogen and oxygen atoms in total. The molecular formula is C35H42N6O3. The lowest BCUT2D eigenvalue weighted by molar-refractivity contribution is -0.151. The lowest BCUT2D eigenvalue weighted by Crippen LogP contribution is -2.34. The summed E-state index contributed by atoms with van der Waals surface area (Å²) < 4.78 is 15.5. The zero-order valence-electron chi connectivity index (χ0n) is 27.0. The van der Waals surface area contributed by atoms with Gasteiger partial charge in [-0.15, -0.1) is 5.10 Å². The minimum absolute atomic E-state index is 0.0845. The first-order chi connectivity index (χ1) is 21.0. The Bertz CT molecular complexity index is 1870. The van der Waals surface area contributed by atoms with Crippen molar-refractivity contribution in [2.75, 3.05) is 13.7 Å². The van der Waals surface area contributed by atoms with Crippen molar-refractivity contribution in [2.24, 2.45) is 19.5 Å². The number of aromatic nitrogens is 5. The molecule has 44 heavy (non-hydrogen) atoms. The van der Waals surface area contributed by atoms with E-state index in [1.807, 2.05) is 44.9 Å². The third-order valence-corrected chi connectivity index (χ3v) is 9.33. The summed E-state index contributed by atoms with van der Waals surface area (Å²) in [6.45, 7) is 12.7. The zero-order chi connectivity index (χ0) is 31.3. The van der Waals surface area contributed by atoms with Crippen LogP contribution in [0, 0.1) is 19.3 Å². The van der Waals surface area contributed by atoms with Crippen LogP contribution < -0.4 is 4.74 Å². The average Bonchev–Trinajstić information content (AvgIpc) is 3.50. The Kier molecular flexibility index (Phi) is 7.70. The van der Waals surface area contributed by atoms with E-state index < -0.39 is 5.41 Å². The second-order valence-electron chi connectivity index (χ2n) is 12.8. The van der Waals surface area contributed by atoms with Crippen LogP contribution in [0.2, 0.25) is 0 Å². The molecule has 0 spiro atoms. The standard InChI is InChI=1S/C35H42N6O3/c1-9-27-20-41(19-26-15-29-25(16-31(26)44-27)17-39(6)37-29)18-24-14-23(11-10-21(24)2)32(35(4,5)34(42)43-8)28-12-13-30-33(22(28)3)36-38-40(30)7/h10-17,27,32H,9,18-20H2,1-8H3/t27-,32?/m1/s1. The number of hydrogen-bond donors (Lipinski definition) is 0. The molecule has 230 valence electrons. The summed E-state index contributed by atoms with van der Waals surface area (Å²) in [6, 6.07) is 15.1. The Labute approximate surface area is 258 Å². The molecule has 0 radical (unpaired) electrons. The van der Waals surface area contributed by atoms with Crippen molar-refractivity contribution in [3.8, 4) is 5.75 Å². The van der Waals surface area contributed by atoms with Gasteiger partial charge < -0.3 is 9.47 Å². The summed E-state index contributed by atoms with van der Waals surface area (Å²) in [7, 11) is 5.30. The second-order valence-corrected chi connectivity index (χ2v) is 12.8. The van der Waals surface area contributed by atoms with Crippen molar-refractivity contribution in [1.29, 1.82) is 0 Å². The van der Waals surface area contributed by atoms with E-state index in [0.29, 0.717) is 0 Å². The van der Waals surface area contributed by atoms with Crippen molar-refractivity contribution in [2.45, 2.75) is 66.2 Å². The number of carbonyl (C=O) groups excluding carboxylic acids is 1. The van der Waals surface area contributed by atoms with E-state index >= 15 is 0 Å². The van der Waals surface area contributed by atoms with Gasteiger partial charge in [0.25, 0.3) is 0 Å². The maximum Gasteiger partial charge on any atom is 0.312 e. The Morgan fingerprint density at radius 3 is 2.68 bits per heavy atom. The van der Waals surface area contributed by atoms with E-state index in [9.17, 15) is 4.79 Å². The Morgan fingerprint density at radius 2 is 1.93 bits per heavy atom. The number of esters is 1. The highest BCUT2D eigenvalue weighted by atomic mass is 16.5. The van der Waals surface area contributed by atoms with Gasteiger partial charge in [0, 0.05) is 56.8 Å². The minimum Gasteiger partial charge on any atom is -0.489 e. The number of fused-ring (bicyclic) bond motifs is 3. The van der Waals surface area contributed by atoms with Crippen LogP contribution in [0.4, 0.5) is 0 Å². The fourth-order valence-electron chi connectivity index (χ4n) is 6.80. The Hall–Kier alpha value is -4.24. The van der Waals surface area contributed by atoms with E-state index in [4.69, 9.17) is 9.47 Å². The number of benzene rings is 3. The van der Waals surface area contributed by atoms with Crippen molar-refractivity contribution >= 4 is 27.9 Å². The smallest absolute Gasteiger partial charge is 0.312 e. The molecule has 0 amide bonds. The third kappa shape index (κ3) is 5.23. The van der Waals surface area contributed by atoms with Gasteiger partial charge in [0.15, 0.2) is 0 Å². The number of ether oxygens (including phenoxy) is 2. The first-order valence-electron chi connectivity index (χ1n) is 15.3. The monoisotopic (exact) mass is 594 g/mol. The van der Waals surface area contributed by atoms with Gasteiger partial charge in [-0.2, -0.15) is 5.10 Å². The molecule has 6 rings (SSSR count). The molecule has 0 bridgehead atoms. The van der Waals surface area contributed by atoms with Crippen molar-refractivity contribution in [1.82, 2.24) is 29.7 Å². The fraction of sp³-hybridized carbons (Fsp3) is 0.429. The van der Waals surface area contributed by atoms with Gasteiger partial charge in [0.05, 0.1) is 23.6 Å². The summed E-state index contributed by atoms with van der Waals surface area (Å²) in [5, 5.41) is 14.4. The molecule has 2 atom stereocenters. The largest absolute Gasteiger partial charge is 0.489 e. The molecule has 1 unspecified atom stereocenters. The molecule has 0 saturated carbocycles. The molecule has 1 aliphatic heterocycles. The van der Waals surface area contributed by atoms with Gasteiger partial charge in [-0.1, -0.05) is 36.4 Å². The van der Waals surface area contributed by atoms with Gasteiger partial charge in [-0.05, 0) is 80.1 Å². The van der Waals surface area contributed by atoms with Gasteiger partial charge in [-0.3, -0.25) is 14.4 Å². The molecular weight excluding hydrogens is 552 g/mol. The van der Waals surface area contributed by atoms with Gasteiger partial charge in [-0.25, -0.2) is 4.68 Å². The first kappa shape index (κ1) is 29.8. The van der Waals surface area contributed by atoms with Crippen LogP contribution in [-0.2, 0) is 36.7 Å². The van der Waals surface area contributed by atoms with Crippen LogP contribution in [0.5, 0.6) is 5.75 Å². The molecule has 3 heterocycles. The van der Waals surface area contributed by atoms with Crippen molar-refractivity contribution < 1.29 is 14.3 Å². The predicted octanol–water partition coefficient (Wildman–Crippen LogP) is 5.98. The average molecular weight is 595 g/mol. The fourth-order valence-corrected chi connectivity index (χ4v) is 6.80. The zero-order valence-corrected chi connectivity index (χ0v) is 27.0. The van der Waals surface area contributed by atoms with Gasteiger partial charge in [0.1, 0.15) is 17.4 Å². The van der Waals surface area contributed by atoms with Crippen LogP contribution in [-0.4, -0.2) is 55.4 Å². The van der Waals surface area contributed by atoms with E-state index in [0.717, 1.165) is 76.0 Å². The first-order valence-corrected chi connectivity index (χ1v) is 15.3. The summed E-state index contributed by atoms with van der Waals surface area (Å²) in [4.78, 5) is 15.8. The highest BCUT2D eigenvalue weighted by Gasteiger charge is 2.41. The lowest BCUT2D eigenvalue weighted by Gasteiger charge is -2.34. The molecule has 0 fully saturated rings. The van der Waals surface area contributed by atoms with Gasteiger partial charge >= 0.3 is 5.97 Å². The summed E-state index contributed by atoms with van der Waals surface area (Å²) in [5.74, 6) is 0.436. The maximum atomic E-state index is 13.3. The number of hydrogen-bond acceptors (Lipinski definition) is 7. The predicted molar refractivity (Wildman–Crippen MR) is 172 cm³/mol. The van der Waals surface area contributed by atoms with Crippen molar-refractivity contribution in [3.05, 3.63) is 82.0 Å². The van der Waals surface area contributed by atoms with Crippen LogP contribution in [0.1, 0.15) is 66.5 Å². The van der Waals surface area contributed by atoms with E-state index in [1.54, 1.807) is 4.68 Å². The highest BCUT2D eigenvalue weighted by molar-refractivity contribution is 5.83. The quantitative estimate of drug-likeness (QED) is 0.214. The number of methoxy groups -OCH3 is 1. The SMILES string of the molecule is CC[C@@H]1CN(Cc2cc(C(c3ccc4c(nnn4C)c3C)C(C)(C)C(=O)OC)ccc2C)Cc2cc3nn(C)cc3cc2O1. The Balaban J connectivity index is 1.40. The summed E-state index contributed by atoms with van der Waals surface area (Å²) >= 11 is 0. The molecule has 1 aliphatic rings. The second kappa shape index (κ2) is 11.4. The lowest BCUT2D eigenvalue weighted by atomic mass is 9.69. The van der Waals surface area contributed by atoms with Crippen LogP contribution in [0.25, 0.3) is 21.9 Å². The van der Waals surface area contributed by atoms with Gasteiger partial charge in [0.2, 0.25) is 0 Å². The number of aryl methyl sites for hydroxylation is 4. The topological polar surface area (TPSA) is 87.3 Å². The molecule has 0 N–H and O–H groups in total. The summed E-state index contributed by atoms with van der Waals surface area (Å²) in [5.41, 5.74) is 8.68. The summed E-state index contributed by atoms with van der Waals surface area (Å²) in [6.07, 6.45) is 3.04. The van der Waals surface area contributed by atoms with E-state index in [1.165, 1.54) is 18.2 Å². The Morgan fingerprint density at radius 1 is 1.14 bits per heavy atom. The van der Waals surface area contributed by atoms with Crippen molar-refractivity contribution in [3.63, 3.8) is 0 Å². The molecule has 3 aromatic carbocycles. The van der Waals surface area contributed by atoms with E-state index in [-0.39, 0.29) is 18.0 Å². The number of nitrogens with zero attached hydrogens (tertiary/aromatic N) is 6. The van der Waals surface area contributed by atoms with Crippen LogP contribution in [0.15, 0.2) is 48.7 Å².